The number of nitrogens with one attached hydrogen (secondary N) is 2. The van der Waals surface area contributed by atoms with Gasteiger partial charge in [0.05, 0.1) is 13.0 Å². The van der Waals surface area contributed by atoms with Crippen molar-refractivity contribution in [2.75, 3.05) is 18.5 Å². The molecule has 2 amide bonds. The third kappa shape index (κ3) is 6.33. The molecule has 1 aliphatic carbocycles. The first kappa shape index (κ1) is 18.6. The zero-order valence-corrected chi connectivity index (χ0v) is 13.4. The predicted molar refractivity (Wildman–Crippen MR) is 85.4 cm³/mol. The maximum atomic E-state index is 13.0. The van der Waals surface area contributed by atoms with E-state index < -0.39 is 36.0 Å². The van der Waals surface area contributed by atoms with Crippen molar-refractivity contribution < 1.29 is 27.9 Å². The molecule has 0 unspecified atom stereocenters. The lowest BCUT2D eigenvalue weighted by Gasteiger charge is -2.09. The molecular formula is C17H18F2N2O4. The minimum Gasteiger partial charge on any atom is -0.456 e. The smallest absolute Gasteiger partial charge is 0.306 e. The molecule has 1 aliphatic rings. The molecule has 134 valence electrons. The number of anilines is 1. The van der Waals surface area contributed by atoms with Gasteiger partial charge in [-0.1, -0.05) is 12.2 Å². The monoisotopic (exact) mass is 352 g/mol. The highest BCUT2D eigenvalue weighted by Gasteiger charge is 2.16. The highest BCUT2D eigenvalue weighted by Crippen LogP contribution is 2.20. The van der Waals surface area contributed by atoms with Crippen molar-refractivity contribution in [2.24, 2.45) is 5.92 Å². The van der Waals surface area contributed by atoms with Gasteiger partial charge < -0.3 is 15.4 Å². The van der Waals surface area contributed by atoms with Crippen LogP contribution in [0.2, 0.25) is 0 Å². The summed E-state index contributed by atoms with van der Waals surface area (Å²) in [5, 5.41) is 4.57. The average Bonchev–Trinajstić information content (AvgIpc) is 3.07. The number of ether oxygens (including phenoxy) is 1. The first-order valence-corrected chi connectivity index (χ1v) is 7.78. The summed E-state index contributed by atoms with van der Waals surface area (Å²) >= 11 is 0. The molecule has 0 radical (unpaired) electrons. The minimum absolute atomic E-state index is 0.0641. The van der Waals surface area contributed by atoms with Crippen LogP contribution >= 0.6 is 0 Å². The van der Waals surface area contributed by atoms with Crippen LogP contribution in [0.3, 0.4) is 0 Å². The third-order valence-corrected chi connectivity index (χ3v) is 3.55. The van der Waals surface area contributed by atoms with Crippen LogP contribution in [0.4, 0.5) is 14.5 Å². The molecule has 1 aromatic carbocycles. The summed E-state index contributed by atoms with van der Waals surface area (Å²) in [5.74, 6) is -3.69. The van der Waals surface area contributed by atoms with Gasteiger partial charge in [-0.25, -0.2) is 8.78 Å². The molecule has 1 atom stereocenters. The molecule has 0 aromatic heterocycles. The van der Waals surface area contributed by atoms with E-state index in [9.17, 15) is 23.2 Å². The molecule has 8 heteroatoms. The molecule has 0 saturated carbocycles. The van der Waals surface area contributed by atoms with E-state index in [4.69, 9.17) is 4.74 Å². The molecule has 0 bridgehead atoms. The van der Waals surface area contributed by atoms with Gasteiger partial charge in [-0.3, -0.25) is 14.4 Å². The van der Waals surface area contributed by atoms with E-state index >= 15 is 0 Å². The van der Waals surface area contributed by atoms with Crippen LogP contribution in [0.5, 0.6) is 0 Å². The molecule has 0 aliphatic heterocycles. The van der Waals surface area contributed by atoms with Gasteiger partial charge in [-0.2, -0.15) is 0 Å². The number of halogens is 2. The Labute approximate surface area is 143 Å². The number of hydrogen-bond acceptors (Lipinski definition) is 4. The minimum atomic E-state index is -1.09. The van der Waals surface area contributed by atoms with Gasteiger partial charge in [0.2, 0.25) is 5.91 Å². The molecule has 2 N–H and O–H groups in total. The van der Waals surface area contributed by atoms with Crippen LogP contribution in [-0.4, -0.2) is 30.9 Å². The number of benzene rings is 1. The topological polar surface area (TPSA) is 84.5 Å². The van der Waals surface area contributed by atoms with Gasteiger partial charge in [-0.05, 0) is 30.9 Å². The molecule has 1 aromatic rings. The number of allylic oxidation sites excluding steroid dienone is 2. The second-order valence-corrected chi connectivity index (χ2v) is 5.58. The van der Waals surface area contributed by atoms with Crippen LogP contribution < -0.4 is 10.6 Å². The summed E-state index contributed by atoms with van der Waals surface area (Å²) in [7, 11) is 0. The molecule has 0 saturated heterocycles. The lowest BCUT2D eigenvalue weighted by molar-refractivity contribution is -0.149. The van der Waals surface area contributed by atoms with Crippen molar-refractivity contribution in [3.05, 3.63) is 42.0 Å². The van der Waals surface area contributed by atoms with Crippen LogP contribution in [-0.2, 0) is 19.1 Å². The van der Waals surface area contributed by atoms with E-state index in [0.29, 0.717) is 0 Å². The number of carbonyl (C=O) groups is 3. The van der Waals surface area contributed by atoms with Gasteiger partial charge >= 0.3 is 5.97 Å². The van der Waals surface area contributed by atoms with E-state index in [1.807, 2.05) is 12.2 Å². The summed E-state index contributed by atoms with van der Waals surface area (Å²) in [5.41, 5.74) is 0.0641. The van der Waals surface area contributed by atoms with Crippen molar-refractivity contribution in [1.82, 2.24) is 5.32 Å². The number of amides is 2. The lowest BCUT2D eigenvalue weighted by atomic mass is 10.1. The highest BCUT2D eigenvalue weighted by molar-refractivity contribution is 5.94. The van der Waals surface area contributed by atoms with Gasteiger partial charge in [0.25, 0.3) is 5.91 Å². The quantitative estimate of drug-likeness (QED) is 0.580. The predicted octanol–water partition coefficient (Wildman–Crippen LogP) is 1.92. The summed E-state index contributed by atoms with van der Waals surface area (Å²) < 4.78 is 30.6. The maximum Gasteiger partial charge on any atom is 0.306 e. The fourth-order valence-corrected chi connectivity index (χ4v) is 2.29. The lowest BCUT2D eigenvalue weighted by Crippen LogP contribution is -2.35. The van der Waals surface area contributed by atoms with Gasteiger partial charge in [0, 0.05) is 11.8 Å². The van der Waals surface area contributed by atoms with Crippen LogP contribution in [0.1, 0.15) is 19.3 Å². The maximum absolute atomic E-state index is 13.0. The fraction of sp³-hybridized carbons (Fsp3) is 0.353. The second kappa shape index (κ2) is 8.91. The van der Waals surface area contributed by atoms with Crippen molar-refractivity contribution in [1.29, 1.82) is 0 Å². The summed E-state index contributed by atoms with van der Waals surface area (Å²) in [6.07, 6.45) is 6.00. The number of esters is 1. The fourth-order valence-electron chi connectivity index (χ4n) is 2.29. The van der Waals surface area contributed by atoms with Gasteiger partial charge in [0.1, 0.15) is 0 Å². The second-order valence-electron chi connectivity index (χ2n) is 5.58. The molecule has 0 spiro atoms. The molecule has 2 rings (SSSR count). The molecule has 25 heavy (non-hydrogen) atoms. The first-order valence-electron chi connectivity index (χ1n) is 7.78. The van der Waals surface area contributed by atoms with Crippen molar-refractivity contribution >= 4 is 23.5 Å². The van der Waals surface area contributed by atoms with Crippen molar-refractivity contribution in [3.63, 3.8) is 0 Å². The Morgan fingerprint density at radius 3 is 2.64 bits per heavy atom. The summed E-state index contributed by atoms with van der Waals surface area (Å²) in [6.45, 7) is -0.867. The Kier molecular flexibility index (Phi) is 6.62. The zero-order chi connectivity index (χ0) is 18.2. The average molecular weight is 352 g/mol. The first-order chi connectivity index (χ1) is 11.9. The molecule has 0 heterocycles. The van der Waals surface area contributed by atoms with E-state index in [1.54, 1.807) is 0 Å². The van der Waals surface area contributed by atoms with Crippen LogP contribution in [0, 0.1) is 17.6 Å². The summed E-state index contributed by atoms with van der Waals surface area (Å²) in [4.78, 5) is 34.7. The number of hydrogen-bond donors (Lipinski definition) is 2. The Hall–Kier alpha value is -2.77. The Balaban J connectivity index is 1.65. The van der Waals surface area contributed by atoms with E-state index in [0.717, 1.165) is 25.0 Å². The van der Waals surface area contributed by atoms with Crippen molar-refractivity contribution in [2.45, 2.75) is 19.3 Å². The SMILES string of the molecule is O=C(COC(=O)C[C@H]1C=CCC1)NCC(=O)Nc1ccc(F)c(F)c1. The normalized spacial score (nSPS) is 15.7. The highest BCUT2D eigenvalue weighted by atomic mass is 19.2. The Morgan fingerprint density at radius 2 is 1.96 bits per heavy atom. The standard InChI is InChI=1S/C17H18F2N2O4/c18-13-6-5-12(8-14(13)19)21-15(22)9-20-16(23)10-25-17(24)7-11-3-1-2-4-11/h1,3,5-6,8,11H,2,4,7,9-10H2,(H,20,23)(H,21,22)/t11-/m0/s1. The van der Waals surface area contributed by atoms with E-state index in [-0.39, 0.29) is 24.6 Å². The Bertz CT molecular complexity index is 691. The van der Waals surface area contributed by atoms with Crippen LogP contribution in [0.15, 0.2) is 30.4 Å². The van der Waals surface area contributed by atoms with Crippen molar-refractivity contribution in [3.8, 4) is 0 Å². The Morgan fingerprint density at radius 1 is 1.16 bits per heavy atom. The van der Waals surface area contributed by atoms with Crippen LogP contribution in [0.25, 0.3) is 0 Å². The third-order valence-electron chi connectivity index (χ3n) is 3.55. The molecule has 6 nitrogen and oxygen atoms in total. The largest absolute Gasteiger partial charge is 0.456 e. The zero-order valence-electron chi connectivity index (χ0n) is 13.4. The molecular weight excluding hydrogens is 334 g/mol. The molecule has 0 fully saturated rings. The van der Waals surface area contributed by atoms with Gasteiger partial charge in [0.15, 0.2) is 18.2 Å². The summed E-state index contributed by atoms with van der Waals surface area (Å²) in [6, 6.07) is 2.90. The van der Waals surface area contributed by atoms with E-state index in [1.165, 1.54) is 6.07 Å². The number of rotatable bonds is 7. The van der Waals surface area contributed by atoms with Gasteiger partial charge in [-0.15, -0.1) is 0 Å². The number of carbonyl (C=O) groups excluding carboxylic acids is 3. The van der Waals surface area contributed by atoms with E-state index in [2.05, 4.69) is 10.6 Å².